The van der Waals surface area contributed by atoms with Crippen LogP contribution in [0.15, 0.2) is 194 Å². The Hall–Kier alpha value is -8.44. The van der Waals surface area contributed by atoms with Crippen LogP contribution in [0.1, 0.15) is 75.6 Å². The van der Waals surface area contributed by atoms with Gasteiger partial charge < -0.3 is 33.5 Å². The molecule has 11 heteroatoms. The Morgan fingerprint density at radius 2 is 0.520 bits per heavy atom. The van der Waals surface area contributed by atoms with E-state index in [9.17, 15) is 19.2 Å². The molecule has 6 aromatic carbocycles. The summed E-state index contributed by atoms with van der Waals surface area (Å²) in [6.07, 6.45) is 18.3. The molecule has 0 aliphatic rings. The summed E-state index contributed by atoms with van der Waals surface area (Å²) in [4.78, 5) is 51.5. The largest absolute Gasteiger partial charge is 0.463 e. The number of rotatable bonds is 28. The van der Waals surface area contributed by atoms with Gasteiger partial charge >= 0.3 is 23.9 Å². The minimum absolute atomic E-state index is 0.330. The highest BCUT2D eigenvalue weighted by molar-refractivity contribution is 5.83. The van der Waals surface area contributed by atoms with Crippen LogP contribution in [-0.4, -0.2) is 50.3 Å². The van der Waals surface area contributed by atoms with Crippen molar-refractivity contribution in [1.29, 1.82) is 0 Å². The summed E-state index contributed by atoms with van der Waals surface area (Å²) in [7, 11) is 0. The number of carbonyl (C=O) groups is 4. The highest BCUT2D eigenvalue weighted by Crippen LogP contribution is 2.39. The Kier molecular flexibility index (Phi) is 22.8. The minimum Gasteiger partial charge on any atom is -0.463 e. The summed E-state index contributed by atoms with van der Waals surface area (Å²) in [5.74, 6) is 0.0379. The van der Waals surface area contributed by atoms with Gasteiger partial charge in [-0.05, 0) is 198 Å². The van der Waals surface area contributed by atoms with Crippen LogP contribution in [0.4, 0.5) is 34.1 Å². The standard InChI is InChI=1S/C64H68N2O9/c1-5-13-61(67)71-45-9-17-49-21-29-53(30-22-49)65(54-31-23-50(24-32-54)18-10-46-72-62(68)14-6-2)57-37-41-59(42-38-57)75-60-43-39-58(40-44-60)66(55-33-25-51(26-34-55)19-11-47-73-63(69)15-7-3)56-35-27-52(28-36-56)20-12-48-74-64(70)16-8-4/h5-8,13-16,21-44H,9-12,17-20,45-48H2,1-4H3. The van der Waals surface area contributed by atoms with Crippen LogP contribution in [0.2, 0.25) is 0 Å². The van der Waals surface area contributed by atoms with E-state index in [2.05, 4.69) is 107 Å². The number of esters is 4. The number of nitrogens with zero attached hydrogens (tertiary/aromatic N) is 2. The minimum atomic E-state index is -0.330. The Labute approximate surface area is 442 Å². The highest BCUT2D eigenvalue weighted by Gasteiger charge is 2.16. The van der Waals surface area contributed by atoms with Crippen molar-refractivity contribution in [3.05, 3.63) is 216 Å². The first-order valence-electron chi connectivity index (χ1n) is 25.7. The zero-order valence-corrected chi connectivity index (χ0v) is 43.5. The van der Waals surface area contributed by atoms with E-state index in [-0.39, 0.29) is 23.9 Å². The summed E-state index contributed by atoms with van der Waals surface area (Å²) < 4.78 is 27.6. The zero-order chi connectivity index (χ0) is 53.0. The number of allylic oxidation sites excluding steroid dienone is 4. The SMILES string of the molecule is CC=CC(=O)OCCCc1ccc(N(c2ccc(CCCOC(=O)C=CC)cc2)c2ccc(Oc3ccc(N(c4ccc(CCCOC(=O)C=CC)cc4)c4ccc(CCCOC(=O)C=CC)cc4)cc3)cc2)cc1. The third kappa shape index (κ3) is 18.5. The van der Waals surface area contributed by atoms with Gasteiger partial charge in [-0.25, -0.2) is 19.2 Å². The predicted octanol–water partition coefficient (Wildman–Crippen LogP) is 14.6. The molecule has 0 radical (unpaired) electrons. The summed E-state index contributed by atoms with van der Waals surface area (Å²) in [5, 5.41) is 0. The summed E-state index contributed by atoms with van der Waals surface area (Å²) in [6, 6.07) is 49.8. The number of hydrogen-bond donors (Lipinski definition) is 0. The number of benzene rings is 6. The third-order valence-corrected chi connectivity index (χ3v) is 11.8. The molecule has 6 rings (SSSR count). The molecule has 75 heavy (non-hydrogen) atoms. The van der Waals surface area contributed by atoms with Crippen LogP contribution < -0.4 is 14.5 Å². The van der Waals surface area contributed by atoms with E-state index in [0.717, 1.165) is 82.1 Å². The fraction of sp³-hybridized carbons (Fsp3) is 0.250. The molecule has 0 saturated carbocycles. The van der Waals surface area contributed by atoms with Gasteiger partial charge in [0.25, 0.3) is 0 Å². The fourth-order valence-electron chi connectivity index (χ4n) is 8.14. The second kappa shape index (κ2) is 30.6. The quantitative estimate of drug-likeness (QED) is 0.0202. The molecular weight excluding hydrogens is 941 g/mol. The lowest BCUT2D eigenvalue weighted by molar-refractivity contribution is -0.138. The van der Waals surface area contributed by atoms with E-state index in [0.29, 0.717) is 63.6 Å². The lowest BCUT2D eigenvalue weighted by atomic mass is 10.1. The lowest BCUT2D eigenvalue weighted by Crippen LogP contribution is -2.10. The molecule has 0 aliphatic carbocycles. The van der Waals surface area contributed by atoms with Gasteiger partial charge in [0.1, 0.15) is 11.5 Å². The molecule has 0 heterocycles. The molecule has 0 N–H and O–H groups in total. The van der Waals surface area contributed by atoms with Gasteiger partial charge in [0.05, 0.1) is 26.4 Å². The molecule has 0 fully saturated rings. The van der Waals surface area contributed by atoms with Crippen molar-refractivity contribution in [2.45, 2.75) is 79.1 Å². The van der Waals surface area contributed by atoms with E-state index < -0.39 is 0 Å². The average Bonchev–Trinajstić information content (AvgIpc) is 3.42. The van der Waals surface area contributed by atoms with E-state index in [4.69, 9.17) is 23.7 Å². The molecule has 6 aromatic rings. The van der Waals surface area contributed by atoms with E-state index in [1.807, 2.05) is 48.5 Å². The first-order valence-corrected chi connectivity index (χ1v) is 25.7. The van der Waals surface area contributed by atoms with Crippen LogP contribution >= 0.6 is 0 Å². The van der Waals surface area contributed by atoms with Gasteiger partial charge in [-0.3, -0.25) is 0 Å². The lowest BCUT2D eigenvalue weighted by Gasteiger charge is -2.26. The Bertz CT molecular complexity index is 2490. The summed E-state index contributed by atoms with van der Waals surface area (Å²) >= 11 is 0. The molecule has 0 atom stereocenters. The molecular formula is C64H68N2O9. The molecule has 11 nitrogen and oxygen atoms in total. The second-order valence-electron chi connectivity index (χ2n) is 17.5. The topological polar surface area (TPSA) is 121 Å². The van der Waals surface area contributed by atoms with Crippen molar-refractivity contribution in [2.75, 3.05) is 36.2 Å². The number of anilines is 6. The maximum atomic E-state index is 11.8. The van der Waals surface area contributed by atoms with Gasteiger partial charge in [0, 0.05) is 58.4 Å². The van der Waals surface area contributed by atoms with Crippen molar-refractivity contribution in [1.82, 2.24) is 0 Å². The van der Waals surface area contributed by atoms with Crippen LogP contribution in [0.5, 0.6) is 11.5 Å². The van der Waals surface area contributed by atoms with Gasteiger partial charge in [-0.15, -0.1) is 0 Å². The summed E-state index contributed by atoms with van der Waals surface area (Å²) in [6.45, 7) is 8.56. The zero-order valence-electron chi connectivity index (χ0n) is 43.5. The first-order chi connectivity index (χ1) is 36.7. The van der Waals surface area contributed by atoms with Gasteiger partial charge in [0.15, 0.2) is 0 Å². The molecule has 0 spiro atoms. The molecule has 0 aliphatic heterocycles. The molecule has 0 saturated heterocycles. The number of hydrogen-bond acceptors (Lipinski definition) is 11. The highest BCUT2D eigenvalue weighted by atomic mass is 16.5. The van der Waals surface area contributed by atoms with Crippen LogP contribution in [0, 0.1) is 0 Å². The van der Waals surface area contributed by atoms with E-state index in [1.54, 1.807) is 52.0 Å². The summed E-state index contributed by atoms with van der Waals surface area (Å²) in [5.41, 5.74) is 10.4. The van der Waals surface area contributed by atoms with Gasteiger partial charge in [0.2, 0.25) is 0 Å². The number of carbonyl (C=O) groups excluding carboxylic acids is 4. The van der Waals surface area contributed by atoms with Crippen molar-refractivity contribution < 1.29 is 42.9 Å². The van der Waals surface area contributed by atoms with E-state index in [1.165, 1.54) is 24.3 Å². The van der Waals surface area contributed by atoms with Crippen LogP contribution in [-0.2, 0) is 63.8 Å². The van der Waals surface area contributed by atoms with Crippen LogP contribution in [0.3, 0.4) is 0 Å². The molecule has 0 unspecified atom stereocenters. The van der Waals surface area contributed by atoms with Crippen LogP contribution in [0.25, 0.3) is 0 Å². The Balaban J connectivity index is 1.18. The molecule has 0 aromatic heterocycles. The molecule has 0 bridgehead atoms. The third-order valence-electron chi connectivity index (χ3n) is 11.8. The monoisotopic (exact) mass is 1010 g/mol. The van der Waals surface area contributed by atoms with E-state index >= 15 is 0 Å². The number of ether oxygens (including phenoxy) is 5. The molecule has 0 amide bonds. The number of aryl methyl sites for hydroxylation is 4. The normalized spacial score (nSPS) is 11.3. The van der Waals surface area contributed by atoms with Gasteiger partial charge in [-0.2, -0.15) is 0 Å². The van der Waals surface area contributed by atoms with Crippen molar-refractivity contribution in [2.24, 2.45) is 0 Å². The van der Waals surface area contributed by atoms with Crippen molar-refractivity contribution >= 4 is 58.0 Å². The Morgan fingerprint density at radius 3 is 0.720 bits per heavy atom. The maximum absolute atomic E-state index is 11.8. The molecule has 388 valence electrons. The predicted molar refractivity (Wildman–Crippen MR) is 299 cm³/mol. The van der Waals surface area contributed by atoms with Gasteiger partial charge in [-0.1, -0.05) is 72.8 Å². The second-order valence-corrected chi connectivity index (χ2v) is 17.5. The maximum Gasteiger partial charge on any atom is 0.330 e. The van der Waals surface area contributed by atoms with Crippen molar-refractivity contribution in [3.8, 4) is 11.5 Å². The van der Waals surface area contributed by atoms with Crippen molar-refractivity contribution in [3.63, 3.8) is 0 Å². The smallest absolute Gasteiger partial charge is 0.330 e. The fourth-order valence-corrected chi connectivity index (χ4v) is 8.14. The Morgan fingerprint density at radius 1 is 0.320 bits per heavy atom. The average molecular weight is 1010 g/mol. The first kappa shape index (κ1) is 55.9.